The van der Waals surface area contributed by atoms with Crippen molar-refractivity contribution in [3.63, 3.8) is 0 Å². The van der Waals surface area contributed by atoms with Gasteiger partial charge in [-0.2, -0.15) is 0 Å². The molecule has 0 fully saturated rings. The third kappa shape index (κ3) is 2.43. The Labute approximate surface area is 117 Å². The fraction of sp³-hybridized carbons (Fsp3) is 0.0588. The van der Waals surface area contributed by atoms with E-state index in [9.17, 15) is 4.39 Å². The van der Waals surface area contributed by atoms with Crippen LogP contribution < -0.4 is 0 Å². The third-order valence-corrected chi connectivity index (χ3v) is 3.09. The van der Waals surface area contributed by atoms with Crippen LogP contribution in [0.4, 0.5) is 4.39 Å². The van der Waals surface area contributed by atoms with Crippen molar-refractivity contribution in [1.82, 2.24) is 9.97 Å². The second-order valence-corrected chi connectivity index (χ2v) is 4.64. The van der Waals surface area contributed by atoms with Crippen molar-refractivity contribution >= 4 is 0 Å². The van der Waals surface area contributed by atoms with Gasteiger partial charge in [-0.3, -0.25) is 0 Å². The minimum Gasteiger partial charge on any atom is -0.236 e. The molecule has 1 aromatic heterocycles. The first-order valence-electron chi connectivity index (χ1n) is 6.38. The van der Waals surface area contributed by atoms with E-state index >= 15 is 0 Å². The first-order valence-corrected chi connectivity index (χ1v) is 6.38. The molecule has 0 saturated carbocycles. The molecule has 1 heterocycles. The van der Waals surface area contributed by atoms with Crippen LogP contribution in [0.2, 0.25) is 0 Å². The highest BCUT2D eigenvalue weighted by Gasteiger charge is 2.08. The number of nitrogens with zero attached hydrogens (tertiary/aromatic N) is 2. The fourth-order valence-electron chi connectivity index (χ4n) is 2.05. The zero-order valence-corrected chi connectivity index (χ0v) is 11.0. The van der Waals surface area contributed by atoms with Crippen molar-refractivity contribution < 1.29 is 4.39 Å². The van der Waals surface area contributed by atoms with Crippen molar-refractivity contribution in [2.24, 2.45) is 0 Å². The van der Waals surface area contributed by atoms with Crippen molar-refractivity contribution in [2.45, 2.75) is 6.92 Å². The summed E-state index contributed by atoms with van der Waals surface area (Å²) in [4.78, 5) is 8.43. The van der Waals surface area contributed by atoms with Crippen molar-refractivity contribution in [2.75, 3.05) is 0 Å². The van der Waals surface area contributed by atoms with Crippen molar-refractivity contribution in [1.29, 1.82) is 0 Å². The summed E-state index contributed by atoms with van der Waals surface area (Å²) >= 11 is 0. The Morgan fingerprint density at radius 3 is 2.20 bits per heavy atom. The molecule has 98 valence electrons. The average Bonchev–Trinajstić information content (AvgIpc) is 2.49. The van der Waals surface area contributed by atoms with Gasteiger partial charge in [-0.15, -0.1) is 0 Å². The molecular weight excluding hydrogens is 251 g/mol. The van der Waals surface area contributed by atoms with E-state index in [-0.39, 0.29) is 5.82 Å². The predicted octanol–water partition coefficient (Wildman–Crippen LogP) is 4.26. The lowest BCUT2D eigenvalue weighted by molar-refractivity contribution is 0.631. The molecule has 0 spiro atoms. The van der Waals surface area contributed by atoms with Crippen LogP contribution in [-0.2, 0) is 0 Å². The standard InChI is InChI=1S/C17H13FN2/c1-12-10-19-17(20-11-12)14-7-8-15(16(18)9-14)13-5-3-2-4-6-13/h2-11H,1H3. The Balaban J connectivity index is 2.01. The molecule has 3 aromatic rings. The average molecular weight is 264 g/mol. The molecule has 0 amide bonds. The number of halogens is 1. The number of benzene rings is 2. The van der Waals surface area contributed by atoms with E-state index in [4.69, 9.17) is 0 Å². The second kappa shape index (κ2) is 5.21. The van der Waals surface area contributed by atoms with Gasteiger partial charge in [0, 0.05) is 23.5 Å². The molecule has 0 aliphatic rings. The summed E-state index contributed by atoms with van der Waals surface area (Å²) in [6, 6.07) is 14.6. The molecule has 0 aliphatic heterocycles. The highest BCUT2D eigenvalue weighted by atomic mass is 19.1. The molecule has 0 saturated heterocycles. The molecule has 20 heavy (non-hydrogen) atoms. The van der Waals surface area contributed by atoms with Gasteiger partial charge in [0.15, 0.2) is 5.82 Å². The highest BCUT2D eigenvalue weighted by Crippen LogP contribution is 2.26. The number of aromatic nitrogens is 2. The van der Waals surface area contributed by atoms with Crippen LogP contribution in [0, 0.1) is 12.7 Å². The van der Waals surface area contributed by atoms with E-state index in [2.05, 4.69) is 9.97 Å². The molecule has 0 radical (unpaired) electrons. The van der Waals surface area contributed by atoms with E-state index in [0.29, 0.717) is 17.0 Å². The minimum atomic E-state index is -0.266. The van der Waals surface area contributed by atoms with E-state index in [1.165, 1.54) is 6.07 Å². The molecule has 2 aromatic carbocycles. The van der Waals surface area contributed by atoms with Gasteiger partial charge in [0.25, 0.3) is 0 Å². The maximum Gasteiger partial charge on any atom is 0.159 e. The SMILES string of the molecule is Cc1cnc(-c2ccc(-c3ccccc3)c(F)c2)nc1. The molecule has 0 aliphatic carbocycles. The summed E-state index contributed by atoms with van der Waals surface area (Å²) in [6.07, 6.45) is 3.46. The van der Waals surface area contributed by atoms with Gasteiger partial charge in [0.1, 0.15) is 5.82 Å². The largest absolute Gasteiger partial charge is 0.236 e. The van der Waals surface area contributed by atoms with Gasteiger partial charge in [-0.05, 0) is 24.1 Å². The highest BCUT2D eigenvalue weighted by molar-refractivity contribution is 5.68. The Hall–Kier alpha value is -2.55. The van der Waals surface area contributed by atoms with Gasteiger partial charge in [-0.1, -0.05) is 42.5 Å². The minimum absolute atomic E-state index is 0.266. The lowest BCUT2D eigenvalue weighted by Crippen LogP contribution is -1.91. The number of aryl methyl sites for hydroxylation is 1. The second-order valence-electron chi connectivity index (χ2n) is 4.64. The molecule has 0 atom stereocenters. The van der Waals surface area contributed by atoms with Crippen LogP contribution in [-0.4, -0.2) is 9.97 Å². The zero-order valence-electron chi connectivity index (χ0n) is 11.0. The number of hydrogen-bond donors (Lipinski definition) is 0. The summed E-state index contributed by atoms with van der Waals surface area (Å²) in [7, 11) is 0. The molecule has 3 rings (SSSR count). The van der Waals surface area contributed by atoms with E-state index in [1.807, 2.05) is 43.3 Å². The van der Waals surface area contributed by atoms with E-state index in [1.54, 1.807) is 18.5 Å². The summed E-state index contributed by atoms with van der Waals surface area (Å²) in [6.45, 7) is 1.92. The molecule has 2 nitrogen and oxygen atoms in total. The summed E-state index contributed by atoms with van der Waals surface area (Å²) in [5, 5.41) is 0. The first kappa shape index (κ1) is 12.5. The van der Waals surface area contributed by atoms with Gasteiger partial charge >= 0.3 is 0 Å². The van der Waals surface area contributed by atoms with Gasteiger partial charge in [0.2, 0.25) is 0 Å². The Morgan fingerprint density at radius 1 is 0.850 bits per heavy atom. The summed E-state index contributed by atoms with van der Waals surface area (Å²) in [5.41, 5.74) is 3.11. The monoisotopic (exact) mass is 264 g/mol. The zero-order chi connectivity index (χ0) is 13.9. The van der Waals surface area contributed by atoms with Crippen LogP contribution in [0.3, 0.4) is 0 Å². The molecular formula is C17H13FN2. The van der Waals surface area contributed by atoms with E-state index < -0.39 is 0 Å². The molecule has 0 unspecified atom stereocenters. The molecule has 0 bridgehead atoms. The summed E-state index contributed by atoms with van der Waals surface area (Å²) in [5.74, 6) is 0.270. The van der Waals surface area contributed by atoms with Crippen molar-refractivity contribution in [3.05, 3.63) is 72.3 Å². The maximum atomic E-state index is 14.2. The normalized spacial score (nSPS) is 10.5. The van der Waals surface area contributed by atoms with Gasteiger partial charge in [-0.25, -0.2) is 14.4 Å². The number of rotatable bonds is 2. The number of hydrogen-bond acceptors (Lipinski definition) is 2. The molecule has 3 heteroatoms. The maximum absolute atomic E-state index is 14.2. The summed E-state index contributed by atoms with van der Waals surface area (Å²) < 4.78 is 14.2. The van der Waals surface area contributed by atoms with Crippen molar-refractivity contribution in [3.8, 4) is 22.5 Å². The Morgan fingerprint density at radius 2 is 1.55 bits per heavy atom. The van der Waals surface area contributed by atoms with Crippen LogP contribution in [0.15, 0.2) is 60.9 Å². The van der Waals surface area contributed by atoms with Crippen LogP contribution in [0.25, 0.3) is 22.5 Å². The quantitative estimate of drug-likeness (QED) is 0.691. The van der Waals surface area contributed by atoms with Gasteiger partial charge in [0.05, 0.1) is 0 Å². The fourth-order valence-corrected chi connectivity index (χ4v) is 2.05. The molecule has 0 N–H and O–H groups in total. The van der Waals surface area contributed by atoms with E-state index in [0.717, 1.165) is 11.1 Å². The topological polar surface area (TPSA) is 25.8 Å². The van der Waals surface area contributed by atoms with Gasteiger partial charge < -0.3 is 0 Å². The van der Waals surface area contributed by atoms with Crippen LogP contribution in [0.5, 0.6) is 0 Å². The Kier molecular flexibility index (Phi) is 3.25. The third-order valence-electron chi connectivity index (χ3n) is 3.09. The first-order chi connectivity index (χ1) is 9.74. The lowest BCUT2D eigenvalue weighted by Gasteiger charge is -2.06. The lowest BCUT2D eigenvalue weighted by atomic mass is 10.0. The van der Waals surface area contributed by atoms with Crippen LogP contribution in [0.1, 0.15) is 5.56 Å². The van der Waals surface area contributed by atoms with Crippen LogP contribution >= 0.6 is 0 Å². The Bertz CT molecular complexity index is 722. The predicted molar refractivity (Wildman–Crippen MR) is 77.6 cm³/mol. The smallest absolute Gasteiger partial charge is 0.159 e.